The number of carbonyl (C=O) groups excluding carboxylic acids is 1. The van der Waals surface area contributed by atoms with Crippen LogP contribution in [0.4, 0.5) is 28.0 Å². The van der Waals surface area contributed by atoms with Crippen molar-refractivity contribution in [2.45, 2.75) is 38.5 Å². The standard InChI is InChI=1S/C31H33F4N5O/c1-3-13-39-14-15-40(21(2)20-39)29(24-9-7-23(8-10-24)25-6-4-5-22(16-25)18-36)19-37-30(41)38-26-11-12-28(32)27(17-26)31(33,34)35/h4-12,16-17,21,29H,3,13-15,19-20H2,1-2H3,(H2,37,38,41)/t21-,29-/m0/s1. The van der Waals surface area contributed by atoms with Crippen molar-refractivity contribution in [1.29, 1.82) is 5.26 Å². The smallest absolute Gasteiger partial charge is 0.336 e. The van der Waals surface area contributed by atoms with Crippen molar-refractivity contribution >= 4 is 11.7 Å². The average molecular weight is 568 g/mol. The van der Waals surface area contributed by atoms with Crippen LogP contribution >= 0.6 is 0 Å². The Balaban J connectivity index is 1.52. The van der Waals surface area contributed by atoms with Crippen LogP contribution in [-0.4, -0.2) is 54.6 Å². The van der Waals surface area contributed by atoms with Crippen molar-refractivity contribution < 1.29 is 22.4 Å². The zero-order chi connectivity index (χ0) is 29.6. The summed E-state index contributed by atoms with van der Waals surface area (Å²) in [5.41, 5.74) is 1.83. The Morgan fingerprint density at radius 2 is 1.83 bits per heavy atom. The Kier molecular flexibility index (Phi) is 9.63. The van der Waals surface area contributed by atoms with Crippen LogP contribution in [0.5, 0.6) is 0 Å². The molecule has 1 aliphatic rings. The molecule has 0 aromatic heterocycles. The Bertz CT molecular complexity index is 1390. The summed E-state index contributed by atoms with van der Waals surface area (Å²) in [7, 11) is 0. The van der Waals surface area contributed by atoms with Crippen molar-refractivity contribution in [3.8, 4) is 17.2 Å². The van der Waals surface area contributed by atoms with Gasteiger partial charge in [0.05, 0.1) is 23.2 Å². The molecular formula is C31H33F4N5O. The molecule has 0 radical (unpaired) electrons. The van der Waals surface area contributed by atoms with Gasteiger partial charge in [-0.2, -0.15) is 18.4 Å². The summed E-state index contributed by atoms with van der Waals surface area (Å²) in [5.74, 6) is -1.40. The van der Waals surface area contributed by atoms with Gasteiger partial charge in [0.2, 0.25) is 0 Å². The summed E-state index contributed by atoms with van der Waals surface area (Å²) in [6, 6.07) is 19.1. The number of hydrogen-bond acceptors (Lipinski definition) is 4. The second-order valence-electron chi connectivity index (χ2n) is 10.2. The van der Waals surface area contributed by atoms with E-state index >= 15 is 0 Å². The molecule has 3 aromatic carbocycles. The molecule has 10 heteroatoms. The first kappa shape index (κ1) is 30.0. The normalized spacial score (nSPS) is 17.0. The molecule has 2 atom stereocenters. The number of hydrogen-bond donors (Lipinski definition) is 2. The number of nitrogens with zero attached hydrogens (tertiary/aromatic N) is 3. The highest BCUT2D eigenvalue weighted by molar-refractivity contribution is 5.89. The van der Waals surface area contributed by atoms with Crippen LogP contribution in [-0.2, 0) is 6.18 Å². The van der Waals surface area contributed by atoms with E-state index in [0.717, 1.165) is 55.4 Å². The number of nitriles is 1. The predicted octanol–water partition coefficient (Wildman–Crippen LogP) is 6.66. The highest BCUT2D eigenvalue weighted by Gasteiger charge is 2.34. The van der Waals surface area contributed by atoms with E-state index in [4.69, 9.17) is 0 Å². The van der Waals surface area contributed by atoms with Crippen LogP contribution in [0.25, 0.3) is 11.1 Å². The van der Waals surface area contributed by atoms with Gasteiger partial charge in [-0.25, -0.2) is 9.18 Å². The lowest BCUT2D eigenvalue weighted by atomic mass is 9.97. The Labute approximate surface area is 237 Å². The third kappa shape index (κ3) is 7.63. The number of benzene rings is 3. The third-order valence-corrected chi connectivity index (χ3v) is 7.31. The summed E-state index contributed by atoms with van der Waals surface area (Å²) in [5, 5.41) is 14.4. The summed E-state index contributed by atoms with van der Waals surface area (Å²) < 4.78 is 53.0. The van der Waals surface area contributed by atoms with Gasteiger partial charge < -0.3 is 15.5 Å². The Morgan fingerprint density at radius 1 is 1.07 bits per heavy atom. The highest BCUT2D eigenvalue weighted by atomic mass is 19.4. The molecular weight excluding hydrogens is 534 g/mol. The van der Waals surface area contributed by atoms with E-state index in [1.807, 2.05) is 42.5 Å². The molecule has 2 N–H and O–H groups in total. The molecule has 3 aromatic rings. The minimum absolute atomic E-state index is 0.154. The van der Waals surface area contributed by atoms with Gasteiger partial charge in [0.15, 0.2) is 0 Å². The number of alkyl halides is 3. The Hall–Kier alpha value is -3.94. The maximum Gasteiger partial charge on any atom is 0.419 e. The lowest BCUT2D eigenvalue weighted by Gasteiger charge is -2.44. The van der Waals surface area contributed by atoms with Crippen LogP contribution < -0.4 is 10.6 Å². The van der Waals surface area contributed by atoms with Crippen LogP contribution in [0, 0.1) is 17.1 Å². The molecule has 1 aliphatic heterocycles. The molecule has 41 heavy (non-hydrogen) atoms. The van der Waals surface area contributed by atoms with Gasteiger partial charge >= 0.3 is 12.2 Å². The van der Waals surface area contributed by atoms with Crippen LogP contribution in [0.2, 0.25) is 0 Å². The molecule has 6 nitrogen and oxygen atoms in total. The molecule has 2 amide bonds. The largest absolute Gasteiger partial charge is 0.419 e. The molecule has 216 valence electrons. The minimum Gasteiger partial charge on any atom is -0.336 e. The predicted molar refractivity (Wildman–Crippen MR) is 151 cm³/mol. The lowest BCUT2D eigenvalue weighted by Crippen LogP contribution is -2.54. The number of amides is 2. The number of rotatable bonds is 8. The van der Waals surface area contributed by atoms with Gasteiger partial charge in [-0.3, -0.25) is 4.90 Å². The topological polar surface area (TPSA) is 71.4 Å². The summed E-state index contributed by atoms with van der Waals surface area (Å²) >= 11 is 0. The molecule has 0 aliphatic carbocycles. The average Bonchev–Trinajstić information content (AvgIpc) is 2.95. The number of nitrogens with one attached hydrogen (secondary N) is 2. The SMILES string of the molecule is CCCN1CCN([C@@H](CNC(=O)Nc2ccc(F)c(C(F)(F)F)c2)c2ccc(-c3cccc(C#N)c3)cc2)[C@@H](C)C1. The maximum atomic E-state index is 13.7. The minimum atomic E-state index is -4.87. The van der Waals surface area contributed by atoms with E-state index in [9.17, 15) is 27.6 Å². The third-order valence-electron chi connectivity index (χ3n) is 7.31. The molecule has 1 fully saturated rings. The summed E-state index contributed by atoms with van der Waals surface area (Å²) in [6.45, 7) is 8.07. The molecule has 0 spiro atoms. The first-order chi connectivity index (χ1) is 19.6. The number of carbonyl (C=O) groups is 1. The second-order valence-corrected chi connectivity index (χ2v) is 10.2. The van der Waals surface area contributed by atoms with Crippen LogP contribution in [0.3, 0.4) is 0 Å². The fourth-order valence-corrected chi connectivity index (χ4v) is 5.31. The van der Waals surface area contributed by atoms with Gasteiger partial charge in [-0.1, -0.05) is 43.3 Å². The maximum absolute atomic E-state index is 13.7. The highest BCUT2D eigenvalue weighted by Crippen LogP contribution is 2.33. The van der Waals surface area contributed by atoms with Crippen molar-refractivity contribution in [1.82, 2.24) is 15.1 Å². The van der Waals surface area contributed by atoms with Crippen LogP contribution in [0.1, 0.15) is 43.0 Å². The zero-order valence-electron chi connectivity index (χ0n) is 23.0. The van der Waals surface area contributed by atoms with Gasteiger partial charge in [0.1, 0.15) is 5.82 Å². The number of urea groups is 1. The van der Waals surface area contributed by atoms with E-state index in [0.29, 0.717) is 17.7 Å². The quantitative estimate of drug-likeness (QED) is 0.299. The molecule has 1 saturated heterocycles. The van der Waals surface area contributed by atoms with Gasteiger partial charge in [-0.15, -0.1) is 0 Å². The van der Waals surface area contributed by atoms with E-state index < -0.39 is 23.6 Å². The second kappa shape index (κ2) is 13.1. The number of anilines is 1. The first-order valence-electron chi connectivity index (χ1n) is 13.6. The van der Waals surface area contributed by atoms with E-state index in [-0.39, 0.29) is 24.3 Å². The van der Waals surface area contributed by atoms with E-state index in [1.165, 1.54) is 0 Å². The van der Waals surface area contributed by atoms with Gasteiger partial charge in [-0.05, 0) is 66.9 Å². The van der Waals surface area contributed by atoms with Crippen molar-refractivity contribution in [2.75, 3.05) is 38.0 Å². The monoisotopic (exact) mass is 567 g/mol. The molecule has 4 rings (SSSR count). The van der Waals surface area contributed by atoms with Gasteiger partial charge in [0, 0.05) is 37.9 Å². The van der Waals surface area contributed by atoms with Crippen molar-refractivity contribution in [3.63, 3.8) is 0 Å². The molecule has 0 unspecified atom stereocenters. The van der Waals surface area contributed by atoms with E-state index in [1.54, 1.807) is 6.07 Å². The van der Waals surface area contributed by atoms with E-state index in [2.05, 4.69) is 40.4 Å². The fraction of sp³-hybridized carbons (Fsp3) is 0.355. The molecule has 0 saturated carbocycles. The van der Waals surface area contributed by atoms with Crippen molar-refractivity contribution in [2.24, 2.45) is 0 Å². The lowest BCUT2D eigenvalue weighted by molar-refractivity contribution is -0.139. The van der Waals surface area contributed by atoms with Crippen LogP contribution in [0.15, 0.2) is 66.7 Å². The Morgan fingerprint density at radius 3 is 2.49 bits per heavy atom. The van der Waals surface area contributed by atoms with Gasteiger partial charge in [0.25, 0.3) is 0 Å². The first-order valence-corrected chi connectivity index (χ1v) is 13.6. The molecule has 1 heterocycles. The summed E-state index contributed by atoms with van der Waals surface area (Å²) in [6.07, 6.45) is -3.81. The molecule has 0 bridgehead atoms. The van der Waals surface area contributed by atoms with Crippen molar-refractivity contribution in [3.05, 3.63) is 89.2 Å². The fourth-order valence-electron chi connectivity index (χ4n) is 5.31. The zero-order valence-corrected chi connectivity index (χ0v) is 23.0. The number of piperazine rings is 1. The summed E-state index contributed by atoms with van der Waals surface area (Å²) in [4.78, 5) is 17.5. The number of halogens is 4.